The van der Waals surface area contributed by atoms with Crippen LogP contribution in [0.4, 0.5) is 17.1 Å². The zero-order chi connectivity index (χ0) is 21.6. The van der Waals surface area contributed by atoms with Crippen LogP contribution in [0.3, 0.4) is 0 Å². The first-order valence-electron chi connectivity index (χ1n) is 10.3. The van der Waals surface area contributed by atoms with Gasteiger partial charge < -0.3 is 14.4 Å². The lowest BCUT2D eigenvalue weighted by molar-refractivity contribution is -0.146. The molecule has 4 rings (SSSR count). The lowest BCUT2D eigenvalue weighted by Gasteiger charge is -2.41. The van der Waals surface area contributed by atoms with Crippen molar-refractivity contribution in [1.82, 2.24) is 0 Å². The van der Waals surface area contributed by atoms with Crippen molar-refractivity contribution >= 4 is 28.9 Å². The summed E-state index contributed by atoms with van der Waals surface area (Å²) in [4.78, 5) is 28.9. The number of ether oxygens (including phenoxy) is 2. The first kappa shape index (κ1) is 20.3. The minimum Gasteiger partial charge on any atom is -0.476 e. The molecule has 158 valence electrons. The summed E-state index contributed by atoms with van der Waals surface area (Å²) in [5.74, 6) is 0.692. The number of carbonyl (C=O) groups is 2. The lowest BCUT2D eigenvalue weighted by atomic mass is 9.97. The van der Waals surface area contributed by atoms with Gasteiger partial charge in [0, 0.05) is 18.8 Å². The van der Waals surface area contributed by atoms with Crippen molar-refractivity contribution in [2.45, 2.75) is 39.2 Å². The van der Waals surface area contributed by atoms with Gasteiger partial charge >= 0.3 is 5.97 Å². The Labute approximate surface area is 177 Å². The molecule has 2 aromatic rings. The van der Waals surface area contributed by atoms with E-state index in [4.69, 9.17) is 9.47 Å². The standard InChI is InChI=1S/C24H28N2O4/c1-15(2)16-9-10-20-21(11-16)30-24(3,4)23(28)26(20)19-8-6-7-18(12-19)25-13-17(14-25)22(27)29-5/h6-12,15,17H,13-14H2,1-5H3. The van der Waals surface area contributed by atoms with E-state index in [0.29, 0.717) is 24.8 Å². The van der Waals surface area contributed by atoms with Crippen molar-refractivity contribution < 1.29 is 19.1 Å². The fourth-order valence-electron chi connectivity index (χ4n) is 3.94. The summed E-state index contributed by atoms with van der Waals surface area (Å²) in [5.41, 5.74) is 2.71. The van der Waals surface area contributed by atoms with Crippen LogP contribution in [0.5, 0.6) is 5.75 Å². The molecule has 30 heavy (non-hydrogen) atoms. The Bertz CT molecular complexity index is 992. The van der Waals surface area contributed by atoms with E-state index in [-0.39, 0.29) is 17.8 Å². The summed E-state index contributed by atoms with van der Waals surface area (Å²) in [7, 11) is 1.42. The molecule has 1 amide bonds. The summed E-state index contributed by atoms with van der Waals surface area (Å²) in [6.45, 7) is 9.11. The van der Waals surface area contributed by atoms with E-state index in [0.717, 1.165) is 17.1 Å². The molecule has 1 fully saturated rings. The number of methoxy groups -OCH3 is 1. The topological polar surface area (TPSA) is 59.1 Å². The number of fused-ring (bicyclic) bond motifs is 1. The largest absolute Gasteiger partial charge is 0.476 e. The van der Waals surface area contributed by atoms with E-state index in [1.807, 2.05) is 42.5 Å². The number of benzene rings is 2. The Hall–Kier alpha value is -3.02. The van der Waals surface area contributed by atoms with Crippen LogP contribution < -0.4 is 14.5 Å². The molecule has 0 aromatic heterocycles. The van der Waals surface area contributed by atoms with Gasteiger partial charge in [-0.2, -0.15) is 0 Å². The first-order valence-corrected chi connectivity index (χ1v) is 10.3. The quantitative estimate of drug-likeness (QED) is 0.708. The fraction of sp³-hybridized carbons (Fsp3) is 0.417. The second-order valence-electron chi connectivity index (χ2n) is 8.78. The van der Waals surface area contributed by atoms with Gasteiger partial charge in [-0.05, 0) is 55.7 Å². The van der Waals surface area contributed by atoms with E-state index in [2.05, 4.69) is 18.7 Å². The van der Waals surface area contributed by atoms with Crippen LogP contribution >= 0.6 is 0 Å². The molecule has 0 spiro atoms. The summed E-state index contributed by atoms with van der Waals surface area (Å²) < 4.78 is 10.9. The molecule has 0 radical (unpaired) electrons. The summed E-state index contributed by atoms with van der Waals surface area (Å²) >= 11 is 0. The number of rotatable bonds is 4. The molecular formula is C24H28N2O4. The molecule has 6 heteroatoms. The number of nitrogens with zero attached hydrogens (tertiary/aromatic N) is 2. The average Bonchev–Trinajstić information content (AvgIpc) is 2.67. The van der Waals surface area contributed by atoms with E-state index < -0.39 is 5.60 Å². The maximum absolute atomic E-state index is 13.3. The van der Waals surface area contributed by atoms with Crippen LogP contribution in [0.15, 0.2) is 42.5 Å². The van der Waals surface area contributed by atoms with Crippen molar-refractivity contribution in [1.29, 1.82) is 0 Å². The van der Waals surface area contributed by atoms with Crippen LogP contribution in [-0.4, -0.2) is 37.7 Å². The van der Waals surface area contributed by atoms with Crippen LogP contribution in [-0.2, 0) is 14.3 Å². The lowest BCUT2D eigenvalue weighted by Crippen LogP contribution is -2.51. The third-order valence-corrected chi connectivity index (χ3v) is 5.84. The van der Waals surface area contributed by atoms with Crippen molar-refractivity contribution in [3.63, 3.8) is 0 Å². The van der Waals surface area contributed by atoms with E-state index >= 15 is 0 Å². The SMILES string of the molecule is COC(=O)C1CN(c2cccc(N3C(=O)C(C)(C)Oc4cc(C(C)C)ccc43)c2)C1. The van der Waals surface area contributed by atoms with Gasteiger partial charge in [0.25, 0.3) is 5.91 Å². The number of esters is 1. The molecular weight excluding hydrogens is 380 g/mol. The number of amides is 1. The highest BCUT2D eigenvalue weighted by Gasteiger charge is 2.42. The molecule has 2 aromatic carbocycles. The molecule has 0 unspecified atom stereocenters. The van der Waals surface area contributed by atoms with Gasteiger partial charge in [-0.3, -0.25) is 14.5 Å². The predicted molar refractivity (Wildman–Crippen MR) is 117 cm³/mol. The maximum Gasteiger partial charge on any atom is 0.312 e. The normalized spacial score (nSPS) is 18.0. The van der Waals surface area contributed by atoms with E-state index in [9.17, 15) is 9.59 Å². The minimum atomic E-state index is -0.967. The van der Waals surface area contributed by atoms with Gasteiger partial charge in [0.15, 0.2) is 5.60 Å². The molecule has 1 saturated heterocycles. The minimum absolute atomic E-state index is 0.0993. The van der Waals surface area contributed by atoms with Crippen molar-refractivity contribution in [2.24, 2.45) is 5.92 Å². The smallest absolute Gasteiger partial charge is 0.312 e. The van der Waals surface area contributed by atoms with Crippen molar-refractivity contribution in [2.75, 3.05) is 30.0 Å². The molecule has 0 N–H and O–H groups in total. The van der Waals surface area contributed by atoms with E-state index in [1.165, 1.54) is 12.7 Å². The molecule has 2 heterocycles. The summed E-state index contributed by atoms with van der Waals surface area (Å²) in [6, 6.07) is 13.9. The predicted octanol–water partition coefficient (Wildman–Crippen LogP) is 4.25. The summed E-state index contributed by atoms with van der Waals surface area (Å²) in [6.07, 6.45) is 0. The number of hydrogen-bond donors (Lipinski definition) is 0. The third-order valence-electron chi connectivity index (χ3n) is 5.84. The average molecular weight is 408 g/mol. The summed E-state index contributed by atoms with van der Waals surface area (Å²) in [5, 5.41) is 0. The third kappa shape index (κ3) is 3.40. The molecule has 0 atom stereocenters. The van der Waals surface area contributed by atoms with Gasteiger partial charge in [0.1, 0.15) is 5.75 Å². The highest BCUT2D eigenvalue weighted by atomic mass is 16.5. The second kappa shape index (κ2) is 7.35. The van der Waals surface area contributed by atoms with E-state index in [1.54, 1.807) is 18.7 Å². The van der Waals surface area contributed by atoms with Gasteiger partial charge in [-0.1, -0.05) is 26.0 Å². The highest BCUT2D eigenvalue weighted by molar-refractivity contribution is 6.08. The zero-order valence-corrected chi connectivity index (χ0v) is 18.1. The van der Waals surface area contributed by atoms with Crippen molar-refractivity contribution in [3.8, 4) is 5.75 Å². The van der Waals surface area contributed by atoms with Gasteiger partial charge in [-0.25, -0.2) is 0 Å². The number of carbonyl (C=O) groups excluding carboxylic acids is 2. The van der Waals surface area contributed by atoms with Crippen LogP contribution in [0.2, 0.25) is 0 Å². The number of anilines is 3. The highest BCUT2D eigenvalue weighted by Crippen LogP contribution is 2.44. The Morgan fingerprint density at radius 2 is 1.83 bits per heavy atom. The molecule has 0 saturated carbocycles. The van der Waals surface area contributed by atoms with Crippen LogP contribution in [0.1, 0.15) is 39.2 Å². The fourth-order valence-corrected chi connectivity index (χ4v) is 3.94. The zero-order valence-electron chi connectivity index (χ0n) is 18.1. The van der Waals surface area contributed by atoms with Crippen LogP contribution in [0, 0.1) is 5.92 Å². The monoisotopic (exact) mass is 408 g/mol. The Morgan fingerprint density at radius 1 is 1.13 bits per heavy atom. The molecule has 6 nitrogen and oxygen atoms in total. The Balaban J connectivity index is 1.68. The first-order chi connectivity index (χ1) is 14.2. The van der Waals surface area contributed by atoms with Gasteiger partial charge in [0.2, 0.25) is 0 Å². The van der Waals surface area contributed by atoms with Gasteiger partial charge in [-0.15, -0.1) is 0 Å². The molecule has 2 aliphatic rings. The second-order valence-corrected chi connectivity index (χ2v) is 8.78. The molecule has 2 aliphatic heterocycles. The maximum atomic E-state index is 13.3. The molecule has 0 aliphatic carbocycles. The Morgan fingerprint density at radius 3 is 2.50 bits per heavy atom. The number of hydrogen-bond acceptors (Lipinski definition) is 5. The van der Waals surface area contributed by atoms with Gasteiger partial charge in [0.05, 0.1) is 24.4 Å². The van der Waals surface area contributed by atoms with Crippen molar-refractivity contribution in [3.05, 3.63) is 48.0 Å². The van der Waals surface area contributed by atoms with Crippen LogP contribution in [0.25, 0.3) is 0 Å². The molecule has 0 bridgehead atoms. The Kier molecular flexibility index (Phi) is 4.96.